The molecule has 3 rings (SSSR count). The molecule has 3 aliphatic rings. The largest absolute Gasteiger partial charge is 0.458 e. The number of hydrogen-bond acceptors (Lipinski definition) is 4. The van der Waals surface area contributed by atoms with E-state index in [2.05, 4.69) is 6.58 Å². The van der Waals surface area contributed by atoms with Crippen LogP contribution in [0, 0.1) is 17.3 Å². The van der Waals surface area contributed by atoms with Crippen LogP contribution in [0.15, 0.2) is 24.3 Å². The van der Waals surface area contributed by atoms with Gasteiger partial charge in [0.1, 0.15) is 6.10 Å². The van der Waals surface area contributed by atoms with Gasteiger partial charge >= 0.3 is 5.97 Å². The molecule has 1 aliphatic heterocycles. The van der Waals surface area contributed by atoms with E-state index in [1.165, 1.54) is 6.08 Å². The molecule has 0 bridgehead atoms. The Hall–Kier alpha value is -1.42. The second-order valence-electron chi connectivity index (χ2n) is 6.41. The molecule has 1 saturated heterocycles. The third-order valence-electron chi connectivity index (χ3n) is 5.14. The minimum absolute atomic E-state index is 0.0102. The van der Waals surface area contributed by atoms with Gasteiger partial charge in [-0.3, -0.25) is 4.79 Å². The number of ether oxygens (including phenoxy) is 1. The summed E-state index contributed by atoms with van der Waals surface area (Å²) < 4.78 is 5.31. The predicted molar refractivity (Wildman–Crippen MR) is 68.1 cm³/mol. The number of aliphatic hydroxyl groups is 1. The number of hydrogen-bond donors (Lipinski definition) is 1. The van der Waals surface area contributed by atoms with Crippen LogP contribution in [0.4, 0.5) is 0 Å². The molecule has 0 aromatic rings. The maximum absolute atomic E-state index is 12.2. The molecular weight excluding hydrogens is 244 g/mol. The van der Waals surface area contributed by atoms with E-state index in [4.69, 9.17) is 4.74 Å². The molecule has 0 spiro atoms. The van der Waals surface area contributed by atoms with Gasteiger partial charge in [0.2, 0.25) is 0 Å². The van der Waals surface area contributed by atoms with Crippen molar-refractivity contribution in [2.24, 2.45) is 17.3 Å². The highest BCUT2D eigenvalue weighted by Crippen LogP contribution is 2.55. The van der Waals surface area contributed by atoms with E-state index in [1.807, 2.05) is 6.92 Å². The first-order valence-electron chi connectivity index (χ1n) is 6.61. The van der Waals surface area contributed by atoms with Crippen molar-refractivity contribution in [3.63, 3.8) is 0 Å². The molecule has 5 unspecified atom stereocenters. The Labute approximate surface area is 112 Å². The zero-order chi connectivity index (χ0) is 14.0. The molecule has 102 valence electrons. The summed E-state index contributed by atoms with van der Waals surface area (Å²) in [5, 5.41) is 10.5. The van der Waals surface area contributed by atoms with E-state index >= 15 is 0 Å². The number of esters is 1. The van der Waals surface area contributed by atoms with Crippen molar-refractivity contribution in [3.05, 3.63) is 24.3 Å². The van der Waals surface area contributed by atoms with E-state index in [1.54, 1.807) is 13.0 Å². The van der Waals surface area contributed by atoms with Gasteiger partial charge in [0, 0.05) is 22.8 Å². The van der Waals surface area contributed by atoms with E-state index in [-0.39, 0.29) is 29.7 Å². The van der Waals surface area contributed by atoms with Crippen molar-refractivity contribution in [2.75, 3.05) is 0 Å². The molecule has 0 radical (unpaired) electrons. The highest BCUT2D eigenvalue weighted by Gasteiger charge is 2.59. The van der Waals surface area contributed by atoms with Crippen LogP contribution in [-0.2, 0) is 14.3 Å². The normalized spacial score (nSPS) is 48.8. The lowest BCUT2D eigenvalue weighted by Gasteiger charge is -2.50. The van der Waals surface area contributed by atoms with E-state index in [0.29, 0.717) is 18.4 Å². The minimum Gasteiger partial charge on any atom is -0.458 e. The zero-order valence-electron chi connectivity index (χ0n) is 11.2. The summed E-state index contributed by atoms with van der Waals surface area (Å²) >= 11 is 0. The molecule has 19 heavy (non-hydrogen) atoms. The zero-order valence-corrected chi connectivity index (χ0v) is 11.2. The molecule has 0 aromatic heterocycles. The first kappa shape index (κ1) is 12.6. The van der Waals surface area contributed by atoms with Gasteiger partial charge in [0.05, 0.1) is 5.60 Å². The Morgan fingerprint density at radius 1 is 1.42 bits per heavy atom. The fourth-order valence-corrected chi connectivity index (χ4v) is 3.93. The van der Waals surface area contributed by atoms with E-state index < -0.39 is 11.0 Å². The Morgan fingerprint density at radius 2 is 2.11 bits per heavy atom. The predicted octanol–water partition coefficient (Wildman–Crippen LogP) is 1.39. The van der Waals surface area contributed by atoms with Crippen molar-refractivity contribution in [3.8, 4) is 0 Å². The summed E-state index contributed by atoms with van der Waals surface area (Å²) in [4.78, 5) is 23.8. The van der Waals surface area contributed by atoms with Crippen LogP contribution in [0.25, 0.3) is 0 Å². The highest BCUT2D eigenvalue weighted by molar-refractivity contribution is 5.97. The number of rotatable bonds is 0. The minimum atomic E-state index is -1.03. The maximum atomic E-state index is 12.2. The lowest BCUT2D eigenvalue weighted by atomic mass is 9.54. The van der Waals surface area contributed by atoms with Gasteiger partial charge in [-0.05, 0) is 31.9 Å². The summed E-state index contributed by atoms with van der Waals surface area (Å²) in [6.07, 6.45) is 3.79. The third-order valence-corrected chi connectivity index (χ3v) is 5.14. The molecular formula is C15H18O4. The standard InChI is InChI=1S/C15H18O4/c1-8-9-6-11-14(2,7-10(9)19-13(8)17)12(16)4-5-15(11,3)18/h4-5,9-11,18H,1,6-7H2,2-3H3. The van der Waals surface area contributed by atoms with E-state index in [0.717, 1.165) is 0 Å². The van der Waals surface area contributed by atoms with Crippen molar-refractivity contribution in [2.45, 2.75) is 38.4 Å². The van der Waals surface area contributed by atoms with Crippen LogP contribution in [0.5, 0.6) is 0 Å². The van der Waals surface area contributed by atoms with Crippen LogP contribution in [0.2, 0.25) is 0 Å². The van der Waals surface area contributed by atoms with Gasteiger partial charge in [-0.1, -0.05) is 13.5 Å². The highest BCUT2D eigenvalue weighted by atomic mass is 16.6. The second-order valence-corrected chi connectivity index (χ2v) is 6.41. The monoisotopic (exact) mass is 262 g/mol. The first-order chi connectivity index (χ1) is 8.75. The Kier molecular flexibility index (Phi) is 2.37. The van der Waals surface area contributed by atoms with Gasteiger partial charge in [0.15, 0.2) is 5.78 Å². The molecule has 1 saturated carbocycles. The fourth-order valence-electron chi connectivity index (χ4n) is 3.93. The number of allylic oxidation sites excluding steroid dienone is 1. The summed E-state index contributed by atoms with van der Waals surface area (Å²) in [7, 11) is 0. The topological polar surface area (TPSA) is 63.6 Å². The van der Waals surface area contributed by atoms with Crippen molar-refractivity contribution in [1.82, 2.24) is 0 Å². The Morgan fingerprint density at radius 3 is 2.79 bits per heavy atom. The van der Waals surface area contributed by atoms with Crippen LogP contribution in [-0.4, -0.2) is 28.6 Å². The van der Waals surface area contributed by atoms with E-state index in [9.17, 15) is 14.7 Å². The molecule has 2 fully saturated rings. The lowest BCUT2D eigenvalue weighted by molar-refractivity contribution is -0.154. The number of ketones is 1. The quantitative estimate of drug-likeness (QED) is 0.529. The SMILES string of the molecule is C=C1C(=O)OC2CC3(C)C(=O)C=CC(C)(O)C3CC12. The fraction of sp³-hybridized carbons (Fsp3) is 0.600. The lowest BCUT2D eigenvalue weighted by Crippen LogP contribution is -2.55. The van der Waals surface area contributed by atoms with Crippen LogP contribution < -0.4 is 0 Å². The molecule has 0 amide bonds. The van der Waals surface area contributed by atoms with Crippen LogP contribution >= 0.6 is 0 Å². The van der Waals surface area contributed by atoms with Crippen LogP contribution in [0.3, 0.4) is 0 Å². The van der Waals surface area contributed by atoms with Gasteiger partial charge in [0.25, 0.3) is 0 Å². The Balaban J connectivity index is 2.03. The van der Waals surface area contributed by atoms with Crippen molar-refractivity contribution in [1.29, 1.82) is 0 Å². The van der Waals surface area contributed by atoms with Gasteiger partial charge < -0.3 is 9.84 Å². The first-order valence-corrected chi connectivity index (χ1v) is 6.61. The maximum Gasteiger partial charge on any atom is 0.334 e. The molecule has 4 nitrogen and oxygen atoms in total. The van der Waals surface area contributed by atoms with Gasteiger partial charge in [-0.2, -0.15) is 0 Å². The summed E-state index contributed by atoms with van der Waals surface area (Å²) in [6, 6.07) is 0. The van der Waals surface area contributed by atoms with Crippen molar-refractivity contribution < 1.29 is 19.4 Å². The average molecular weight is 262 g/mol. The third kappa shape index (κ3) is 1.56. The molecule has 1 N–H and O–H groups in total. The summed E-state index contributed by atoms with van der Waals surface area (Å²) in [6.45, 7) is 7.37. The summed E-state index contributed by atoms with van der Waals surface area (Å²) in [5.74, 6) is -0.630. The smallest absolute Gasteiger partial charge is 0.334 e. The van der Waals surface area contributed by atoms with Crippen molar-refractivity contribution >= 4 is 11.8 Å². The molecule has 5 atom stereocenters. The number of carbonyl (C=O) groups is 2. The second kappa shape index (κ2) is 3.57. The summed E-state index contributed by atoms with van der Waals surface area (Å²) in [5.41, 5.74) is -1.21. The Bertz CT molecular complexity index is 516. The molecule has 2 aliphatic carbocycles. The van der Waals surface area contributed by atoms with Gasteiger partial charge in [-0.25, -0.2) is 4.79 Å². The molecule has 4 heteroatoms. The number of fused-ring (bicyclic) bond motifs is 2. The van der Waals surface area contributed by atoms with Crippen LogP contribution in [0.1, 0.15) is 26.7 Å². The molecule has 0 aromatic carbocycles. The molecule has 1 heterocycles. The number of carbonyl (C=O) groups excluding carboxylic acids is 2. The average Bonchev–Trinajstić information content (AvgIpc) is 2.59. The van der Waals surface area contributed by atoms with Gasteiger partial charge in [-0.15, -0.1) is 0 Å².